The molecule has 0 saturated heterocycles. The minimum absolute atomic E-state index is 0.0632. The van der Waals surface area contributed by atoms with E-state index < -0.39 is 11.4 Å². The maximum atomic E-state index is 14.3. The van der Waals surface area contributed by atoms with E-state index >= 15 is 0 Å². The fourth-order valence-electron chi connectivity index (χ4n) is 6.40. The first kappa shape index (κ1) is 23.8. The molecule has 1 atom stereocenters. The Labute approximate surface area is 205 Å². The summed E-state index contributed by atoms with van der Waals surface area (Å²) in [4.78, 5) is 42.0. The molecule has 1 unspecified atom stereocenters. The molecule has 2 aliphatic carbocycles. The highest BCUT2D eigenvalue weighted by Gasteiger charge is 2.52. The van der Waals surface area contributed by atoms with Gasteiger partial charge in [0.1, 0.15) is 17.1 Å². The maximum absolute atomic E-state index is 14.3. The van der Waals surface area contributed by atoms with E-state index in [0.717, 1.165) is 51.4 Å². The van der Waals surface area contributed by atoms with Crippen molar-refractivity contribution in [2.75, 3.05) is 5.32 Å². The van der Waals surface area contributed by atoms with E-state index in [1.807, 2.05) is 6.92 Å². The third kappa shape index (κ3) is 4.10. The highest BCUT2D eigenvalue weighted by atomic mass is 19.1. The Hall–Kier alpha value is -2.90. The quantitative estimate of drug-likeness (QED) is 0.669. The van der Waals surface area contributed by atoms with Crippen LogP contribution in [0.3, 0.4) is 0 Å². The first-order valence-corrected chi connectivity index (χ1v) is 12.9. The molecule has 1 aliphatic heterocycles. The molecule has 2 fully saturated rings. The second-order valence-electron chi connectivity index (χ2n) is 11.0. The molecule has 35 heavy (non-hydrogen) atoms. The van der Waals surface area contributed by atoms with Gasteiger partial charge in [0.15, 0.2) is 0 Å². The van der Waals surface area contributed by atoms with Gasteiger partial charge in [0.05, 0.1) is 17.7 Å². The highest BCUT2D eigenvalue weighted by Crippen LogP contribution is 2.42. The zero-order chi connectivity index (χ0) is 24.9. The fourth-order valence-corrected chi connectivity index (χ4v) is 6.40. The van der Waals surface area contributed by atoms with Gasteiger partial charge >= 0.3 is 0 Å². The van der Waals surface area contributed by atoms with Crippen molar-refractivity contribution >= 4 is 34.3 Å². The van der Waals surface area contributed by atoms with E-state index in [9.17, 15) is 18.8 Å². The van der Waals surface area contributed by atoms with E-state index in [0.29, 0.717) is 28.2 Å². The van der Waals surface area contributed by atoms with Crippen molar-refractivity contribution in [2.24, 2.45) is 5.92 Å². The lowest BCUT2D eigenvalue weighted by Crippen LogP contribution is -2.67. The molecule has 2 aromatic rings. The van der Waals surface area contributed by atoms with Gasteiger partial charge in [-0.1, -0.05) is 19.8 Å². The molecule has 8 heteroatoms. The molecular formula is C27H35FN4O3. The number of benzene rings is 1. The van der Waals surface area contributed by atoms with Crippen LogP contribution in [0.1, 0.15) is 82.6 Å². The molecule has 0 spiro atoms. The predicted octanol–water partition coefficient (Wildman–Crippen LogP) is 4.59. The predicted molar refractivity (Wildman–Crippen MR) is 133 cm³/mol. The van der Waals surface area contributed by atoms with Gasteiger partial charge in [-0.15, -0.1) is 0 Å². The SMILES string of the molecule is CC(=O)Nc1c2n(c3ccc(F)cc13)CC(C)(C(=O)NC1CCCC1)N(C1CCC(C)CC1)C2=O. The first-order chi connectivity index (χ1) is 16.7. The van der Waals surface area contributed by atoms with Gasteiger partial charge in [0.2, 0.25) is 11.8 Å². The second-order valence-corrected chi connectivity index (χ2v) is 11.0. The lowest BCUT2D eigenvalue weighted by Gasteiger charge is -2.49. The number of aromatic nitrogens is 1. The number of nitrogens with zero attached hydrogens (tertiary/aromatic N) is 2. The summed E-state index contributed by atoms with van der Waals surface area (Å²) < 4.78 is 16.1. The third-order valence-electron chi connectivity index (χ3n) is 8.28. The third-order valence-corrected chi connectivity index (χ3v) is 8.28. The molecule has 1 aromatic heterocycles. The van der Waals surface area contributed by atoms with Gasteiger partial charge in [-0.05, 0) is 69.6 Å². The van der Waals surface area contributed by atoms with E-state index in [2.05, 4.69) is 17.6 Å². The zero-order valence-corrected chi connectivity index (χ0v) is 20.8. The molecule has 3 amide bonds. The summed E-state index contributed by atoms with van der Waals surface area (Å²) in [6.45, 7) is 5.72. The number of fused-ring (bicyclic) bond motifs is 3. The van der Waals surface area contributed by atoms with E-state index in [1.54, 1.807) is 15.5 Å². The monoisotopic (exact) mass is 482 g/mol. The second kappa shape index (κ2) is 8.95. The van der Waals surface area contributed by atoms with Crippen molar-refractivity contribution in [3.8, 4) is 0 Å². The Morgan fingerprint density at radius 3 is 2.43 bits per heavy atom. The van der Waals surface area contributed by atoms with Crippen molar-refractivity contribution in [3.05, 3.63) is 29.7 Å². The summed E-state index contributed by atoms with van der Waals surface area (Å²) in [5, 5.41) is 6.50. The Kier molecular flexibility index (Phi) is 6.09. The molecule has 2 N–H and O–H groups in total. The topological polar surface area (TPSA) is 83.4 Å². The van der Waals surface area contributed by atoms with Crippen LogP contribution < -0.4 is 10.6 Å². The van der Waals surface area contributed by atoms with Crippen molar-refractivity contribution in [1.82, 2.24) is 14.8 Å². The molecule has 7 nitrogen and oxygen atoms in total. The number of carbonyl (C=O) groups is 3. The highest BCUT2D eigenvalue weighted by molar-refractivity contribution is 6.14. The van der Waals surface area contributed by atoms with Crippen LogP contribution >= 0.6 is 0 Å². The fraction of sp³-hybridized carbons (Fsp3) is 0.593. The number of hydrogen-bond acceptors (Lipinski definition) is 3. The molecule has 1 aromatic carbocycles. The summed E-state index contributed by atoms with van der Waals surface area (Å²) in [7, 11) is 0. The Morgan fingerprint density at radius 2 is 1.77 bits per heavy atom. The number of amides is 3. The van der Waals surface area contributed by atoms with Crippen molar-refractivity contribution in [2.45, 2.75) is 96.3 Å². The summed E-state index contributed by atoms with van der Waals surface area (Å²) in [5.41, 5.74) is 0.191. The number of rotatable bonds is 4. The average molecular weight is 483 g/mol. The van der Waals surface area contributed by atoms with Crippen LogP contribution in [-0.4, -0.2) is 44.8 Å². The van der Waals surface area contributed by atoms with Crippen LogP contribution in [0.15, 0.2) is 18.2 Å². The van der Waals surface area contributed by atoms with Crippen molar-refractivity contribution in [1.29, 1.82) is 0 Å². The van der Waals surface area contributed by atoms with E-state index in [-0.39, 0.29) is 36.3 Å². The van der Waals surface area contributed by atoms with Crippen LogP contribution in [0.4, 0.5) is 10.1 Å². The summed E-state index contributed by atoms with van der Waals surface area (Å²) in [6.07, 6.45) is 7.79. The Bertz CT molecular complexity index is 1180. The van der Waals surface area contributed by atoms with Crippen molar-refractivity contribution < 1.29 is 18.8 Å². The number of halogens is 1. The van der Waals surface area contributed by atoms with E-state index in [1.165, 1.54) is 19.1 Å². The molecule has 5 rings (SSSR count). The van der Waals surface area contributed by atoms with Crippen molar-refractivity contribution in [3.63, 3.8) is 0 Å². The smallest absolute Gasteiger partial charge is 0.273 e. The molecule has 188 valence electrons. The summed E-state index contributed by atoms with van der Waals surface area (Å²) >= 11 is 0. The zero-order valence-electron chi connectivity index (χ0n) is 20.8. The van der Waals surface area contributed by atoms with E-state index in [4.69, 9.17) is 0 Å². The van der Waals surface area contributed by atoms with Gasteiger partial charge in [-0.25, -0.2) is 4.39 Å². The number of nitrogens with one attached hydrogen (secondary N) is 2. The van der Waals surface area contributed by atoms with Gasteiger partial charge < -0.3 is 20.1 Å². The lowest BCUT2D eigenvalue weighted by atomic mass is 9.82. The van der Waals surface area contributed by atoms with Crippen LogP contribution in [0, 0.1) is 11.7 Å². The number of anilines is 1. The first-order valence-electron chi connectivity index (χ1n) is 12.9. The number of carbonyl (C=O) groups excluding carboxylic acids is 3. The Morgan fingerprint density at radius 1 is 1.09 bits per heavy atom. The average Bonchev–Trinajstić information content (AvgIpc) is 3.41. The minimum atomic E-state index is -1.09. The van der Waals surface area contributed by atoms with Gasteiger partial charge in [0, 0.05) is 24.4 Å². The molecule has 3 aliphatic rings. The normalized spacial score (nSPS) is 27.2. The van der Waals surface area contributed by atoms with Gasteiger partial charge in [-0.2, -0.15) is 0 Å². The molecule has 2 heterocycles. The van der Waals surface area contributed by atoms with Crippen LogP contribution in [-0.2, 0) is 16.1 Å². The molecular weight excluding hydrogens is 447 g/mol. The lowest BCUT2D eigenvalue weighted by molar-refractivity contribution is -0.135. The summed E-state index contributed by atoms with van der Waals surface area (Å²) in [6, 6.07) is 4.39. The standard InChI is InChI=1S/C27H35FN4O3/c1-16-8-11-20(12-9-16)32-25(34)24-23(29-17(2)33)21-14-18(28)10-13-22(21)31(24)15-27(32,3)26(35)30-19-6-4-5-7-19/h10,13-14,16,19-20H,4-9,11-12,15H2,1-3H3,(H,29,33)(H,30,35). The number of hydrogen-bond donors (Lipinski definition) is 2. The van der Waals surface area contributed by atoms with Gasteiger partial charge in [0.25, 0.3) is 5.91 Å². The summed E-state index contributed by atoms with van der Waals surface area (Å²) in [5.74, 6) is -0.594. The van der Waals surface area contributed by atoms with Gasteiger partial charge in [-0.3, -0.25) is 14.4 Å². The largest absolute Gasteiger partial charge is 0.351 e. The molecule has 0 bridgehead atoms. The molecule has 0 radical (unpaired) electrons. The minimum Gasteiger partial charge on any atom is -0.351 e. The van der Waals surface area contributed by atoms with Crippen LogP contribution in [0.2, 0.25) is 0 Å². The Balaban J connectivity index is 1.64. The maximum Gasteiger partial charge on any atom is 0.273 e. The molecule has 2 saturated carbocycles. The van der Waals surface area contributed by atoms with Crippen LogP contribution in [0.25, 0.3) is 10.9 Å². The van der Waals surface area contributed by atoms with Crippen LogP contribution in [0.5, 0.6) is 0 Å².